The molecule has 2 aromatic rings. The van der Waals surface area contributed by atoms with Crippen molar-refractivity contribution in [2.75, 3.05) is 66.2 Å². The predicted molar refractivity (Wildman–Crippen MR) is 225 cm³/mol. The van der Waals surface area contributed by atoms with Crippen LogP contribution in [-0.4, -0.2) is 94.0 Å². The van der Waals surface area contributed by atoms with Gasteiger partial charge in [-0.25, -0.2) is 5.01 Å². The van der Waals surface area contributed by atoms with Crippen molar-refractivity contribution < 1.29 is 18.7 Å². The lowest BCUT2D eigenvalue weighted by atomic mass is 9.33. The number of hydrogen-bond acceptors (Lipinski definition) is 6. The molecule has 12 rings (SSSR count). The molecular weight excluding hydrogens is 726 g/mol. The molecule has 8 aliphatic carbocycles. The maximum Gasteiger partial charge on any atom is 0.240 e. The molecule has 3 N–H and O–H groups in total. The van der Waals surface area contributed by atoms with Gasteiger partial charge in [-0.1, -0.05) is 54.6 Å². The van der Waals surface area contributed by atoms with Gasteiger partial charge in [-0.05, 0) is 166 Å². The molecule has 10 aliphatic rings. The number of nitrogens with zero attached hydrogens (tertiary/aromatic N) is 2. The van der Waals surface area contributed by atoms with Crippen LogP contribution in [0.25, 0.3) is 0 Å². The fourth-order valence-corrected chi connectivity index (χ4v) is 16.6. The second kappa shape index (κ2) is 14.4. The van der Waals surface area contributed by atoms with Crippen LogP contribution < -0.4 is 16.1 Å². The minimum Gasteiger partial charge on any atom is -0.381 e. The molecule has 0 aromatic heterocycles. The van der Waals surface area contributed by atoms with Crippen LogP contribution in [0.4, 0.5) is 4.39 Å². The zero-order chi connectivity index (χ0) is 39.9. The molecule has 314 valence electrons. The summed E-state index contributed by atoms with van der Waals surface area (Å²) in [6.07, 6.45) is 14.1. The molecular formula is C49H68FN5O3. The third-order valence-electron chi connectivity index (χ3n) is 17.6. The lowest BCUT2D eigenvalue weighted by Gasteiger charge is -2.70. The first-order valence-corrected chi connectivity index (χ1v) is 23.1. The molecule has 0 spiro atoms. The monoisotopic (exact) mass is 794 g/mol. The van der Waals surface area contributed by atoms with Crippen molar-refractivity contribution in [3.05, 3.63) is 71.3 Å². The van der Waals surface area contributed by atoms with Crippen LogP contribution in [0, 0.1) is 27.6 Å². The molecule has 8 bridgehead atoms. The third kappa shape index (κ3) is 6.33. The van der Waals surface area contributed by atoms with Gasteiger partial charge < -0.3 is 20.3 Å². The maximum absolute atomic E-state index is 14.9. The van der Waals surface area contributed by atoms with Gasteiger partial charge in [0.2, 0.25) is 11.8 Å². The summed E-state index contributed by atoms with van der Waals surface area (Å²) in [5.41, 5.74) is 5.83. The van der Waals surface area contributed by atoms with E-state index in [1.165, 1.54) is 23.1 Å². The molecule has 2 saturated heterocycles. The van der Waals surface area contributed by atoms with Gasteiger partial charge in [-0.3, -0.25) is 19.4 Å². The van der Waals surface area contributed by atoms with E-state index in [2.05, 4.69) is 94.5 Å². The van der Waals surface area contributed by atoms with E-state index in [1.807, 2.05) is 0 Å². The Morgan fingerprint density at radius 1 is 0.741 bits per heavy atom. The van der Waals surface area contributed by atoms with Gasteiger partial charge in [0.15, 0.2) is 0 Å². The quantitative estimate of drug-likeness (QED) is 0.216. The average molecular weight is 794 g/mol. The van der Waals surface area contributed by atoms with Gasteiger partial charge in [0, 0.05) is 45.9 Å². The summed E-state index contributed by atoms with van der Waals surface area (Å²) in [4.78, 5) is 32.0. The van der Waals surface area contributed by atoms with Crippen LogP contribution in [0.5, 0.6) is 0 Å². The van der Waals surface area contributed by atoms with E-state index in [9.17, 15) is 14.0 Å². The first-order valence-electron chi connectivity index (χ1n) is 23.1. The van der Waals surface area contributed by atoms with Crippen molar-refractivity contribution in [1.29, 1.82) is 0 Å². The summed E-state index contributed by atoms with van der Waals surface area (Å²) >= 11 is 0. The van der Waals surface area contributed by atoms with Gasteiger partial charge in [0.25, 0.3) is 0 Å². The number of piperazine rings is 1. The van der Waals surface area contributed by atoms with Crippen LogP contribution in [0.2, 0.25) is 0 Å². The maximum atomic E-state index is 14.9. The number of alkyl halides is 1. The summed E-state index contributed by atoms with van der Waals surface area (Å²) in [5, 5.41) is 9.03. The minimum absolute atomic E-state index is 0.0175. The van der Waals surface area contributed by atoms with Gasteiger partial charge in [0.1, 0.15) is 0 Å². The SMILES string of the molecule is CCOC[C@]12CC3CC(C(=O)N(C)C4CCNCC4)(C1)C[C@@](c1ccc(C45CC6(C(=O)NN7CCNCC7)C[C@](CCF)(C4)C[C@@](c4ccccc4)(C6)C5)cc1)(C3)C2. The average Bonchev–Trinajstić information content (AvgIpc) is 3.22. The molecule has 4 unspecified atom stereocenters. The number of piperidine rings is 1. The van der Waals surface area contributed by atoms with Gasteiger partial charge in [0.05, 0.1) is 24.1 Å². The molecule has 0 radical (unpaired) electrons. The smallest absolute Gasteiger partial charge is 0.240 e. The Labute approximate surface area is 346 Å². The number of carbonyl (C=O) groups excluding carboxylic acids is 2. The highest BCUT2D eigenvalue weighted by Crippen LogP contribution is 2.76. The molecule has 2 aromatic carbocycles. The summed E-state index contributed by atoms with van der Waals surface area (Å²) < 4.78 is 21.2. The number of halogens is 1. The van der Waals surface area contributed by atoms with Crippen molar-refractivity contribution >= 4 is 11.8 Å². The third-order valence-corrected chi connectivity index (χ3v) is 17.6. The Hall–Kier alpha value is -2.85. The number of carbonyl (C=O) groups is 2. The number of hydrazine groups is 1. The fourth-order valence-electron chi connectivity index (χ4n) is 16.6. The Morgan fingerprint density at radius 3 is 2.02 bits per heavy atom. The second-order valence-electron chi connectivity index (χ2n) is 21.6. The summed E-state index contributed by atoms with van der Waals surface area (Å²) in [7, 11) is 2.09. The van der Waals surface area contributed by atoms with Crippen molar-refractivity contribution in [2.24, 2.45) is 27.6 Å². The number of benzene rings is 2. The second-order valence-corrected chi connectivity index (χ2v) is 21.6. The molecule has 10 fully saturated rings. The van der Waals surface area contributed by atoms with Crippen LogP contribution in [-0.2, 0) is 30.6 Å². The molecule has 8 nitrogen and oxygen atoms in total. The van der Waals surface area contributed by atoms with E-state index >= 15 is 0 Å². The Bertz CT molecular complexity index is 1870. The molecule has 2 aliphatic heterocycles. The van der Waals surface area contributed by atoms with Gasteiger partial charge >= 0.3 is 0 Å². The predicted octanol–water partition coefficient (Wildman–Crippen LogP) is 6.97. The van der Waals surface area contributed by atoms with Gasteiger partial charge in [-0.15, -0.1) is 0 Å². The van der Waals surface area contributed by atoms with E-state index in [4.69, 9.17) is 4.74 Å². The van der Waals surface area contributed by atoms with E-state index in [1.54, 1.807) is 0 Å². The molecule has 8 atom stereocenters. The highest BCUT2D eigenvalue weighted by Gasteiger charge is 2.71. The summed E-state index contributed by atoms with van der Waals surface area (Å²) in [6, 6.07) is 21.0. The Morgan fingerprint density at radius 2 is 1.34 bits per heavy atom. The van der Waals surface area contributed by atoms with Crippen molar-refractivity contribution in [1.82, 2.24) is 26.0 Å². The first kappa shape index (κ1) is 39.3. The van der Waals surface area contributed by atoms with Crippen LogP contribution >= 0.6 is 0 Å². The molecule has 2 heterocycles. The summed E-state index contributed by atoms with van der Waals surface area (Å²) in [5.74, 6) is 1.05. The van der Waals surface area contributed by atoms with E-state index in [0.717, 1.165) is 129 Å². The lowest BCUT2D eigenvalue weighted by molar-refractivity contribution is -0.181. The highest BCUT2D eigenvalue weighted by molar-refractivity contribution is 5.84. The number of amides is 2. The highest BCUT2D eigenvalue weighted by atomic mass is 19.1. The molecule has 58 heavy (non-hydrogen) atoms. The first-order chi connectivity index (χ1) is 28.0. The zero-order valence-electron chi connectivity index (χ0n) is 35.3. The Kier molecular flexibility index (Phi) is 9.74. The number of hydrogen-bond donors (Lipinski definition) is 3. The topological polar surface area (TPSA) is 85.9 Å². The van der Waals surface area contributed by atoms with Gasteiger partial charge in [-0.2, -0.15) is 0 Å². The minimum atomic E-state index is -0.567. The zero-order valence-corrected chi connectivity index (χ0v) is 35.3. The van der Waals surface area contributed by atoms with Crippen LogP contribution in [0.1, 0.15) is 120 Å². The molecule has 2 amide bonds. The molecule has 8 saturated carbocycles. The van der Waals surface area contributed by atoms with Crippen molar-refractivity contribution in [3.8, 4) is 0 Å². The van der Waals surface area contributed by atoms with E-state index in [-0.39, 0.29) is 45.1 Å². The standard InChI is InChI=1S/C49H68FN5O3/c1-3-58-35-44-23-36-24-45(29-44,31-46(25-36,30-44)42(57)54(2)40-13-17-51-18-14-40)38-9-11-39(12-10-38)48-27-43(15-16-50)26-47(32-48,37-7-5-4-6-8-37)33-49(28-43,34-48)41(56)53-55-21-19-52-20-22-55/h4-12,36,40,51-52H,3,13-35H2,1-2H3,(H,53,56)/t36?,43-,44-,45+,46?,47-,48?,49?/m0/s1. The number of nitrogens with one attached hydrogen (secondary N) is 3. The van der Waals surface area contributed by atoms with Crippen molar-refractivity contribution in [3.63, 3.8) is 0 Å². The van der Waals surface area contributed by atoms with Crippen molar-refractivity contribution in [2.45, 2.75) is 126 Å². The van der Waals surface area contributed by atoms with E-state index in [0.29, 0.717) is 30.9 Å². The fraction of sp³-hybridized carbons (Fsp3) is 0.714. The normalized spacial score (nSPS) is 40.5. The molecule has 9 heteroatoms. The number of ether oxygens (including phenoxy) is 1. The van der Waals surface area contributed by atoms with E-state index < -0.39 is 5.41 Å². The lowest BCUT2D eigenvalue weighted by Crippen LogP contribution is -2.68. The summed E-state index contributed by atoms with van der Waals surface area (Å²) in [6.45, 7) is 8.47. The Balaban J connectivity index is 1.02. The largest absolute Gasteiger partial charge is 0.381 e. The van der Waals surface area contributed by atoms with Crippen LogP contribution in [0.3, 0.4) is 0 Å². The number of rotatable bonds is 12. The van der Waals surface area contributed by atoms with Crippen LogP contribution in [0.15, 0.2) is 54.6 Å².